The van der Waals surface area contributed by atoms with E-state index < -0.39 is 16.0 Å². The Balaban J connectivity index is 1.54. The predicted molar refractivity (Wildman–Crippen MR) is 127 cm³/mol. The summed E-state index contributed by atoms with van der Waals surface area (Å²) < 4.78 is 27.9. The second-order valence-corrected chi connectivity index (χ2v) is 10.3. The Kier molecular flexibility index (Phi) is 7.20. The molecule has 0 bridgehead atoms. The Hall–Kier alpha value is -3.03. The summed E-state index contributed by atoms with van der Waals surface area (Å²) in [5.41, 5.74) is 3.27. The summed E-state index contributed by atoms with van der Waals surface area (Å²) in [5, 5.41) is 9.64. The molecule has 6 nitrogen and oxygen atoms in total. The minimum Gasteiger partial charge on any atom is -0.478 e. The van der Waals surface area contributed by atoms with Gasteiger partial charge in [0.05, 0.1) is 28.7 Å². The molecule has 1 aliphatic heterocycles. The van der Waals surface area contributed by atoms with Crippen molar-refractivity contribution in [1.29, 1.82) is 0 Å². The minimum atomic E-state index is -3.53. The van der Waals surface area contributed by atoms with Crippen molar-refractivity contribution < 1.29 is 18.3 Å². The second-order valence-electron chi connectivity index (χ2n) is 8.39. The third-order valence-electron chi connectivity index (χ3n) is 6.04. The first-order chi connectivity index (χ1) is 15.9. The second kappa shape index (κ2) is 10.3. The van der Waals surface area contributed by atoms with Crippen molar-refractivity contribution in [1.82, 2.24) is 9.29 Å². The molecular weight excluding hydrogens is 436 g/mol. The third kappa shape index (κ3) is 5.67. The standard InChI is InChI=1S/C26H28N2O4S/c29-26(30)22-16-17-24(27-23(22)14-7-13-20-9-3-1-4-10-20)25-15-8-18-28(25)33(31,32)19-21-11-5-2-6-12-21/h1-6,9-12,16-17,25H,7-8,13-15,18-19H2,(H,29,30)/t25-/m0/s1. The van der Waals surface area contributed by atoms with E-state index in [1.165, 1.54) is 9.87 Å². The van der Waals surface area contributed by atoms with Crippen LogP contribution in [0.3, 0.4) is 0 Å². The van der Waals surface area contributed by atoms with Crippen LogP contribution in [0, 0.1) is 0 Å². The fraction of sp³-hybridized carbons (Fsp3) is 0.308. The van der Waals surface area contributed by atoms with Crippen LogP contribution in [0.15, 0.2) is 72.8 Å². The Bertz CT molecular complexity index is 1200. The Labute approximate surface area is 195 Å². The summed E-state index contributed by atoms with van der Waals surface area (Å²) in [5.74, 6) is -1.06. The molecule has 0 saturated carbocycles. The molecule has 1 aliphatic rings. The van der Waals surface area contributed by atoms with Crippen LogP contribution in [0.5, 0.6) is 0 Å². The Morgan fingerprint density at radius 1 is 0.939 bits per heavy atom. The van der Waals surface area contributed by atoms with Crippen LogP contribution in [0.1, 0.15) is 58.2 Å². The molecule has 33 heavy (non-hydrogen) atoms. The molecule has 0 aliphatic carbocycles. The molecule has 0 amide bonds. The summed E-state index contributed by atoms with van der Waals surface area (Å²) in [4.78, 5) is 16.5. The van der Waals surface area contributed by atoms with Crippen LogP contribution in [-0.2, 0) is 28.6 Å². The average molecular weight is 465 g/mol. The molecule has 172 valence electrons. The number of hydrogen-bond donors (Lipinski definition) is 1. The third-order valence-corrected chi connectivity index (χ3v) is 7.89. The lowest BCUT2D eigenvalue weighted by Gasteiger charge is -2.24. The number of carbonyl (C=O) groups is 1. The molecular formula is C26H28N2O4S. The van der Waals surface area contributed by atoms with Gasteiger partial charge in [-0.1, -0.05) is 60.7 Å². The van der Waals surface area contributed by atoms with Crippen molar-refractivity contribution in [2.24, 2.45) is 0 Å². The van der Waals surface area contributed by atoms with E-state index >= 15 is 0 Å². The molecule has 7 heteroatoms. The van der Waals surface area contributed by atoms with Gasteiger partial charge in [-0.25, -0.2) is 13.2 Å². The topological polar surface area (TPSA) is 87.6 Å². The lowest BCUT2D eigenvalue weighted by Crippen LogP contribution is -2.32. The molecule has 1 aromatic heterocycles. The monoisotopic (exact) mass is 464 g/mol. The number of carboxylic acids is 1. The maximum Gasteiger partial charge on any atom is 0.337 e. The van der Waals surface area contributed by atoms with Crippen molar-refractivity contribution in [3.63, 3.8) is 0 Å². The maximum absolute atomic E-state index is 13.2. The summed E-state index contributed by atoms with van der Waals surface area (Å²) in [6.45, 7) is 0.450. The first-order valence-corrected chi connectivity index (χ1v) is 12.9. The molecule has 1 fully saturated rings. The lowest BCUT2D eigenvalue weighted by atomic mass is 10.0. The zero-order chi connectivity index (χ0) is 23.3. The number of hydrogen-bond acceptors (Lipinski definition) is 4. The van der Waals surface area contributed by atoms with Crippen LogP contribution in [-0.4, -0.2) is 35.3 Å². The normalized spacial score (nSPS) is 16.7. The molecule has 0 spiro atoms. The van der Waals surface area contributed by atoms with E-state index in [0.717, 1.165) is 24.8 Å². The molecule has 2 aromatic carbocycles. The molecule has 1 saturated heterocycles. The highest BCUT2D eigenvalue weighted by molar-refractivity contribution is 7.88. The van der Waals surface area contributed by atoms with E-state index in [-0.39, 0.29) is 17.4 Å². The number of pyridine rings is 1. The van der Waals surface area contributed by atoms with E-state index in [4.69, 9.17) is 4.98 Å². The van der Waals surface area contributed by atoms with Crippen molar-refractivity contribution in [2.45, 2.75) is 43.9 Å². The van der Waals surface area contributed by atoms with Gasteiger partial charge in [0.1, 0.15) is 0 Å². The summed E-state index contributed by atoms with van der Waals surface area (Å²) >= 11 is 0. The molecule has 0 unspecified atom stereocenters. The first kappa shape index (κ1) is 23.1. The van der Waals surface area contributed by atoms with Crippen LogP contribution >= 0.6 is 0 Å². The van der Waals surface area contributed by atoms with Crippen LogP contribution in [0.2, 0.25) is 0 Å². The van der Waals surface area contributed by atoms with Crippen molar-refractivity contribution in [3.05, 3.63) is 101 Å². The fourth-order valence-corrected chi connectivity index (χ4v) is 6.22. The Morgan fingerprint density at radius 2 is 1.61 bits per heavy atom. The van der Waals surface area contributed by atoms with E-state index in [2.05, 4.69) is 12.1 Å². The van der Waals surface area contributed by atoms with Gasteiger partial charge in [-0.3, -0.25) is 4.98 Å². The van der Waals surface area contributed by atoms with Gasteiger partial charge in [-0.05, 0) is 55.4 Å². The van der Waals surface area contributed by atoms with Gasteiger partial charge in [0, 0.05) is 6.54 Å². The highest BCUT2D eigenvalue weighted by Gasteiger charge is 2.36. The highest BCUT2D eigenvalue weighted by atomic mass is 32.2. The van der Waals surface area contributed by atoms with Gasteiger partial charge < -0.3 is 5.11 Å². The smallest absolute Gasteiger partial charge is 0.337 e. The van der Waals surface area contributed by atoms with E-state index in [1.54, 1.807) is 12.1 Å². The SMILES string of the molecule is O=C(O)c1ccc([C@@H]2CCCN2S(=O)(=O)Cc2ccccc2)nc1CCCc1ccccc1. The Morgan fingerprint density at radius 3 is 2.27 bits per heavy atom. The molecule has 2 heterocycles. The molecule has 3 aromatic rings. The summed E-state index contributed by atoms with van der Waals surface area (Å²) in [7, 11) is -3.53. The van der Waals surface area contributed by atoms with Crippen LogP contribution < -0.4 is 0 Å². The molecule has 4 rings (SSSR count). The number of sulfonamides is 1. The van der Waals surface area contributed by atoms with Gasteiger partial charge in [0.25, 0.3) is 0 Å². The number of aromatic carboxylic acids is 1. The molecule has 0 radical (unpaired) electrons. The predicted octanol–water partition coefficient (Wildman–Crippen LogP) is 4.62. The zero-order valence-electron chi connectivity index (χ0n) is 18.4. The van der Waals surface area contributed by atoms with E-state index in [9.17, 15) is 18.3 Å². The van der Waals surface area contributed by atoms with Gasteiger partial charge in [-0.2, -0.15) is 4.31 Å². The average Bonchev–Trinajstić information content (AvgIpc) is 3.31. The largest absolute Gasteiger partial charge is 0.478 e. The van der Waals surface area contributed by atoms with Gasteiger partial charge in [0.2, 0.25) is 10.0 Å². The lowest BCUT2D eigenvalue weighted by molar-refractivity contribution is 0.0695. The van der Waals surface area contributed by atoms with Crippen LogP contribution in [0.4, 0.5) is 0 Å². The number of rotatable bonds is 9. The van der Waals surface area contributed by atoms with E-state index in [0.29, 0.717) is 30.8 Å². The zero-order valence-corrected chi connectivity index (χ0v) is 19.2. The number of carboxylic acid groups (broad SMARTS) is 1. The summed E-state index contributed by atoms with van der Waals surface area (Å²) in [6, 6.07) is 22.1. The fourth-order valence-electron chi connectivity index (χ4n) is 4.43. The number of aromatic nitrogens is 1. The maximum atomic E-state index is 13.2. The van der Waals surface area contributed by atoms with Gasteiger partial charge in [0.15, 0.2) is 0 Å². The van der Waals surface area contributed by atoms with E-state index in [1.807, 2.05) is 48.5 Å². The van der Waals surface area contributed by atoms with Crippen LogP contribution in [0.25, 0.3) is 0 Å². The number of aryl methyl sites for hydroxylation is 2. The minimum absolute atomic E-state index is 0.0541. The number of nitrogens with zero attached hydrogens (tertiary/aromatic N) is 2. The summed E-state index contributed by atoms with van der Waals surface area (Å²) in [6.07, 6.45) is 3.55. The molecule has 1 N–H and O–H groups in total. The number of benzene rings is 2. The molecule has 1 atom stereocenters. The van der Waals surface area contributed by atoms with Crippen molar-refractivity contribution in [2.75, 3.05) is 6.54 Å². The van der Waals surface area contributed by atoms with Crippen molar-refractivity contribution in [3.8, 4) is 0 Å². The quantitative estimate of drug-likeness (QED) is 0.499. The van der Waals surface area contributed by atoms with Gasteiger partial charge in [-0.15, -0.1) is 0 Å². The van der Waals surface area contributed by atoms with Gasteiger partial charge >= 0.3 is 5.97 Å². The highest BCUT2D eigenvalue weighted by Crippen LogP contribution is 2.35. The first-order valence-electron chi connectivity index (χ1n) is 11.2. The van der Waals surface area contributed by atoms with Crippen molar-refractivity contribution >= 4 is 16.0 Å².